The monoisotopic (exact) mass is 379 g/mol. The molecule has 27 heavy (non-hydrogen) atoms. The number of hydrogen-bond donors (Lipinski definition) is 1. The highest BCUT2D eigenvalue weighted by Crippen LogP contribution is 2.35. The summed E-state index contributed by atoms with van der Waals surface area (Å²) in [5.41, 5.74) is -1.24. The van der Waals surface area contributed by atoms with Crippen LogP contribution >= 0.6 is 0 Å². The Morgan fingerprint density at radius 2 is 2.11 bits per heavy atom. The third kappa shape index (κ3) is 3.75. The number of furan rings is 1. The molecule has 9 heteroatoms. The van der Waals surface area contributed by atoms with Gasteiger partial charge < -0.3 is 19.3 Å². The minimum Gasteiger partial charge on any atom is -0.459 e. The minimum atomic E-state index is -4.66. The van der Waals surface area contributed by atoms with E-state index in [1.807, 2.05) is 0 Å². The smallest absolute Gasteiger partial charge is 0.417 e. The number of piperazine rings is 1. The summed E-state index contributed by atoms with van der Waals surface area (Å²) in [6.45, 7) is 0.291. The summed E-state index contributed by atoms with van der Waals surface area (Å²) < 4.78 is 44.7. The Balaban J connectivity index is 1.84. The van der Waals surface area contributed by atoms with Crippen LogP contribution in [0.4, 0.5) is 18.9 Å². The molecule has 1 fully saturated rings. The van der Waals surface area contributed by atoms with Crippen molar-refractivity contribution in [2.75, 3.05) is 31.1 Å². The van der Waals surface area contributed by atoms with Crippen molar-refractivity contribution in [2.45, 2.75) is 12.2 Å². The molecule has 1 aliphatic heterocycles. The lowest BCUT2D eigenvalue weighted by atomic mass is 10.0. The van der Waals surface area contributed by atoms with Gasteiger partial charge in [-0.3, -0.25) is 4.79 Å². The van der Waals surface area contributed by atoms with Crippen molar-refractivity contribution in [3.8, 4) is 6.07 Å². The Labute approximate surface area is 153 Å². The van der Waals surface area contributed by atoms with E-state index in [2.05, 4.69) is 0 Å². The SMILES string of the molecule is N#Cc1ccc(N2CCN(C(=O)c3ccco3)CC2CO)cc1C(F)(F)F. The van der Waals surface area contributed by atoms with Crippen LogP contribution < -0.4 is 4.90 Å². The number of alkyl halides is 3. The standard InChI is InChI=1S/C18H16F3N3O3/c19-18(20,21)15-8-13(4-3-12(15)9-22)24-6-5-23(10-14(24)11-25)17(26)16-2-1-7-27-16/h1-4,7-8,14,25H,5-6,10-11H2. The second-order valence-corrected chi connectivity index (χ2v) is 6.10. The fourth-order valence-corrected chi connectivity index (χ4v) is 3.13. The van der Waals surface area contributed by atoms with Crippen LogP contribution in [0.5, 0.6) is 0 Å². The maximum Gasteiger partial charge on any atom is 0.417 e. The lowest BCUT2D eigenvalue weighted by Gasteiger charge is -2.42. The first-order valence-electron chi connectivity index (χ1n) is 8.16. The van der Waals surface area contributed by atoms with Crippen molar-refractivity contribution in [2.24, 2.45) is 0 Å². The minimum absolute atomic E-state index is 0.136. The van der Waals surface area contributed by atoms with E-state index in [4.69, 9.17) is 9.68 Å². The summed E-state index contributed by atoms with van der Waals surface area (Å²) in [5.74, 6) is -0.174. The second kappa shape index (κ2) is 7.32. The topological polar surface area (TPSA) is 80.7 Å². The predicted octanol–water partition coefficient (Wildman–Crippen LogP) is 2.49. The van der Waals surface area contributed by atoms with E-state index in [1.165, 1.54) is 23.3 Å². The van der Waals surface area contributed by atoms with Gasteiger partial charge in [0.15, 0.2) is 5.76 Å². The zero-order chi connectivity index (χ0) is 19.6. The molecule has 2 heterocycles. The van der Waals surface area contributed by atoms with Gasteiger partial charge in [-0.15, -0.1) is 0 Å². The molecule has 1 N–H and O–H groups in total. The lowest BCUT2D eigenvalue weighted by molar-refractivity contribution is -0.137. The summed E-state index contributed by atoms with van der Waals surface area (Å²) in [6, 6.07) is 7.52. The number of halogens is 3. The number of amides is 1. The first-order valence-corrected chi connectivity index (χ1v) is 8.16. The highest BCUT2D eigenvalue weighted by molar-refractivity contribution is 5.91. The van der Waals surface area contributed by atoms with Crippen LogP contribution in [-0.2, 0) is 6.18 Å². The molecule has 3 rings (SSSR count). The number of aliphatic hydroxyl groups excluding tert-OH is 1. The van der Waals surface area contributed by atoms with Crippen molar-refractivity contribution in [3.63, 3.8) is 0 Å². The van der Waals surface area contributed by atoms with Crippen LogP contribution in [-0.4, -0.2) is 48.2 Å². The third-order valence-corrected chi connectivity index (χ3v) is 4.47. The lowest BCUT2D eigenvalue weighted by Crippen LogP contribution is -2.56. The molecule has 0 aliphatic carbocycles. The van der Waals surface area contributed by atoms with Gasteiger partial charge in [-0.1, -0.05) is 0 Å². The van der Waals surface area contributed by atoms with E-state index in [0.717, 1.165) is 12.1 Å². The molecule has 1 atom stereocenters. The predicted molar refractivity (Wildman–Crippen MR) is 89.0 cm³/mol. The normalized spacial score (nSPS) is 17.7. The number of carbonyl (C=O) groups excluding carboxylic acids is 1. The second-order valence-electron chi connectivity index (χ2n) is 6.10. The molecule has 0 bridgehead atoms. The molecule has 1 aliphatic rings. The van der Waals surface area contributed by atoms with Gasteiger partial charge in [0.2, 0.25) is 0 Å². The van der Waals surface area contributed by atoms with Gasteiger partial charge in [-0.2, -0.15) is 18.4 Å². The number of anilines is 1. The Bertz CT molecular complexity index is 859. The molecule has 142 valence electrons. The third-order valence-electron chi connectivity index (χ3n) is 4.47. The van der Waals surface area contributed by atoms with E-state index in [9.17, 15) is 23.1 Å². The molecular weight excluding hydrogens is 363 g/mol. The quantitative estimate of drug-likeness (QED) is 0.886. The average Bonchev–Trinajstić information content (AvgIpc) is 3.20. The molecule has 1 unspecified atom stereocenters. The van der Waals surface area contributed by atoms with Gasteiger partial charge >= 0.3 is 6.18 Å². The fourth-order valence-electron chi connectivity index (χ4n) is 3.13. The number of nitrogens with zero attached hydrogens (tertiary/aromatic N) is 3. The molecule has 6 nitrogen and oxygen atoms in total. The van der Waals surface area contributed by atoms with Crippen LogP contribution in [0.3, 0.4) is 0 Å². The summed E-state index contributed by atoms with van der Waals surface area (Å²) in [5, 5.41) is 18.6. The van der Waals surface area contributed by atoms with Crippen LogP contribution in [0.1, 0.15) is 21.7 Å². The van der Waals surface area contributed by atoms with Gasteiger partial charge in [0.1, 0.15) is 0 Å². The first kappa shape index (κ1) is 18.8. The number of hydrogen-bond acceptors (Lipinski definition) is 5. The maximum atomic E-state index is 13.2. The molecule has 2 aromatic rings. The number of rotatable bonds is 3. The summed E-state index contributed by atoms with van der Waals surface area (Å²) in [4.78, 5) is 15.5. The molecule has 1 saturated heterocycles. The average molecular weight is 379 g/mol. The fraction of sp³-hybridized carbons (Fsp3) is 0.333. The Morgan fingerprint density at radius 1 is 1.33 bits per heavy atom. The van der Waals surface area contributed by atoms with E-state index in [-0.39, 0.29) is 43.6 Å². The molecule has 0 saturated carbocycles. The van der Waals surface area contributed by atoms with E-state index in [0.29, 0.717) is 0 Å². The van der Waals surface area contributed by atoms with Gasteiger partial charge in [0, 0.05) is 25.3 Å². The molecule has 1 amide bonds. The number of aliphatic hydroxyl groups is 1. The van der Waals surface area contributed by atoms with Gasteiger partial charge in [-0.25, -0.2) is 0 Å². The van der Waals surface area contributed by atoms with Crippen LogP contribution in [0.2, 0.25) is 0 Å². The molecule has 0 spiro atoms. The number of nitriles is 1. The highest BCUT2D eigenvalue weighted by Gasteiger charge is 2.36. The Morgan fingerprint density at radius 3 is 2.70 bits per heavy atom. The molecule has 1 aromatic carbocycles. The zero-order valence-electron chi connectivity index (χ0n) is 14.1. The zero-order valence-corrected chi connectivity index (χ0v) is 14.1. The summed E-state index contributed by atoms with van der Waals surface area (Å²) >= 11 is 0. The Hall–Kier alpha value is -2.99. The molecule has 1 aromatic heterocycles. The maximum absolute atomic E-state index is 13.2. The molecule has 0 radical (unpaired) electrons. The van der Waals surface area contributed by atoms with Crippen molar-refractivity contribution in [1.82, 2.24) is 4.90 Å². The van der Waals surface area contributed by atoms with Crippen molar-refractivity contribution < 1.29 is 27.5 Å². The summed E-state index contributed by atoms with van der Waals surface area (Å²) in [7, 11) is 0. The van der Waals surface area contributed by atoms with Crippen molar-refractivity contribution >= 4 is 11.6 Å². The van der Waals surface area contributed by atoms with Crippen LogP contribution in [0, 0.1) is 11.3 Å². The van der Waals surface area contributed by atoms with Crippen molar-refractivity contribution in [3.05, 3.63) is 53.5 Å². The van der Waals surface area contributed by atoms with E-state index in [1.54, 1.807) is 17.0 Å². The largest absolute Gasteiger partial charge is 0.459 e. The van der Waals surface area contributed by atoms with Gasteiger partial charge in [-0.05, 0) is 30.3 Å². The number of carbonyl (C=O) groups is 1. The van der Waals surface area contributed by atoms with Crippen LogP contribution in [0.25, 0.3) is 0 Å². The van der Waals surface area contributed by atoms with Crippen molar-refractivity contribution in [1.29, 1.82) is 5.26 Å². The van der Waals surface area contributed by atoms with E-state index < -0.39 is 23.3 Å². The van der Waals surface area contributed by atoms with Crippen LogP contribution in [0.15, 0.2) is 41.0 Å². The van der Waals surface area contributed by atoms with E-state index >= 15 is 0 Å². The Kier molecular flexibility index (Phi) is 5.10. The van der Waals surface area contributed by atoms with Gasteiger partial charge in [0.05, 0.1) is 36.1 Å². The highest BCUT2D eigenvalue weighted by atomic mass is 19.4. The first-order chi connectivity index (χ1) is 12.8. The molecular formula is C18H16F3N3O3. The number of benzene rings is 1. The van der Waals surface area contributed by atoms with Gasteiger partial charge in [0.25, 0.3) is 5.91 Å². The summed E-state index contributed by atoms with van der Waals surface area (Å²) in [6.07, 6.45) is -3.28.